The second-order valence-electron chi connectivity index (χ2n) is 3.42. The number of thiazole rings is 2. The summed E-state index contributed by atoms with van der Waals surface area (Å²) < 4.78 is 1.80. The molecule has 1 N–H and O–H groups in total. The predicted molar refractivity (Wildman–Crippen MR) is 69.2 cm³/mol. The molecule has 0 aromatic carbocycles. The molecule has 0 radical (unpaired) electrons. The van der Waals surface area contributed by atoms with Gasteiger partial charge in [-0.15, -0.1) is 22.7 Å². The second kappa shape index (κ2) is 5.16. The van der Waals surface area contributed by atoms with Crippen LogP contribution in [0, 0.1) is 13.8 Å². The first-order valence-electron chi connectivity index (χ1n) is 4.82. The highest BCUT2D eigenvalue weighted by Gasteiger charge is 2.12. The summed E-state index contributed by atoms with van der Waals surface area (Å²) in [5.74, 6) is -0.821. The lowest BCUT2D eigenvalue weighted by Gasteiger charge is -1.89. The van der Waals surface area contributed by atoms with E-state index in [-0.39, 0.29) is 6.42 Å². The van der Waals surface area contributed by atoms with Gasteiger partial charge in [0.25, 0.3) is 0 Å². The molecule has 0 saturated carbocycles. The Bertz CT molecular complexity index is 547. The maximum Gasteiger partial charge on any atom is 0.308 e. The number of carboxylic acids is 1. The third-order valence-electron chi connectivity index (χ3n) is 1.96. The highest BCUT2D eigenvalue weighted by atomic mass is 32.2. The first-order valence-corrected chi connectivity index (χ1v) is 7.34. The van der Waals surface area contributed by atoms with Crippen LogP contribution in [0.5, 0.6) is 0 Å². The minimum absolute atomic E-state index is 0.0426. The van der Waals surface area contributed by atoms with Gasteiger partial charge in [-0.2, -0.15) is 0 Å². The maximum atomic E-state index is 10.7. The Labute approximate surface area is 111 Å². The maximum absolute atomic E-state index is 10.7. The monoisotopic (exact) mass is 286 g/mol. The van der Waals surface area contributed by atoms with Gasteiger partial charge in [0, 0.05) is 16.0 Å². The van der Waals surface area contributed by atoms with Gasteiger partial charge in [-0.3, -0.25) is 4.79 Å². The lowest BCUT2D eigenvalue weighted by atomic mass is 10.3. The van der Waals surface area contributed by atoms with E-state index < -0.39 is 5.97 Å². The number of hydrogen-bond donors (Lipinski definition) is 1. The molecule has 0 fully saturated rings. The lowest BCUT2D eigenvalue weighted by molar-refractivity contribution is -0.136. The third kappa shape index (κ3) is 3.27. The van der Waals surface area contributed by atoms with Gasteiger partial charge in [0.05, 0.1) is 12.1 Å². The molecule has 0 bridgehead atoms. The second-order valence-corrected chi connectivity index (χ2v) is 6.85. The average Bonchev–Trinajstić information content (AvgIpc) is 2.74. The Morgan fingerprint density at radius 1 is 1.41 bits per heavy atom. The molecule has 90 valence electrons. The number of nitrogens with zero attached hydrogens (tertiary/aromatic N) is 2. The normalized spacial score (nSPS) is 10.7. The summed E-state index contributed by atoms with van der Waals surface area (Å²) in [6.45, 7) is 3.79. The summed E-state index contributed by atoms with van der Waals surface area (Å²) in [7, 11) is 0. The Hall–Kier alpha value is -0.920. The highest BCUT2D eigenvalue weighted by molar-refractivity contribution is 8.02. The van der Waals surface area contributed by atoms with Crippen molar-refractivity contribution in [1.82, 2.24) is 9.97 Å². The van der Waals surface area contributed by atoms with Gasteiger partial charge < -0.3 is 5.11 Å². The summed E-state index contributed by atoms with van der Waals surface area (Å²) in [4.78, 5) is 20.2. The van der Waals surface area contributed by atoms with Gasteiger partial charge in [-0.1, -0.05) is 0 Å². The van der Waals surface area contributed by atoms with E-state index >= 15 is 0 Å². The molecule has 2 heterocycles. The van der Waals surface area contributed by atoms with E-state index in [1.54, 1.807) is 11.3 Å². The lowest BCUT2D eigenvalue weighted by Crippen LogP contribution is -1.99. The molecule has 0 aliphatic heterocycles. The molecular formula is C10H10N2O2S3. The molecule has 2 aromatic rings. The van der Waals surface area contributed by atoms with Crippen molar-refractivity contribution in [2.75, 3.05) is 0 Å². The molecule has 4 nitrogen and oxygen atoms in total. The summed E-state index contributed by atoms with van der Waals surface area (Å²) in [5, 5.41) is 10.7. The predicted octanol–water partition coefficient (Wildman–Crippen LogP) is 2.99. The molecule has 0 spiro atoms. The van der Waals surface area contributed by atoms with Crippen molar-refractivity contribution >= 4 is 40.4 Å². The fraction of sp³-hybridized carbons (Fsp3) is 0.300. The zero-order chi connectivity index (χ0) is 12.4. The van der Waals surface area contributed by atoms with Crippen LogP contribution in [0.1, 0.15) is 16.3 Å². The fourth-order valence-corrected chi connectivity index (χ4v) is 4.46. The van der Waals surface area contributed by atoms with E-state index in [0.717, 1.165) is 24.9 Å². The van der Waals surface area contributed by atoms with Crippen LogP contribution < -0.4 is 0 Å². The van der Waals surface area contributed by atoms with Gasteiger partial charge in [-0.25, -0.2) is 9.97 Å². The molecule has 2 aromatic heterocycles. The zero-order valence-corrected chi connectivity index (χ0v) is 11.7. The number of aliphatic carboxylic acids is 1. The van der Waals surface area contributed by atoms with E-state index in [0.29, 0.717) is 0 Å². The largest absolute Gasteiger partial charge is 0.481 e. The first kappa shape index (κ1) is 12.5. The van der Waals surface area contributed by atoms with Gasteiger partial charge in [0.2, 0.25) is 0 Å². The van der Waals surface area contributed by atoms with Crippen molar-refractivity contribution in [3.05, 3.63) is 21.6 Å². The van der Waals surface area contributed by atoms with E-state index in [2.05, 4.69) is 9.97 Å². The Balaban J connectivity index is 2.14. The van der Waals surface area contributed by atoms with Gasteiger partial charge >= 0.3 is 5.97 Å². The van der Waals surface area contributed by atoms with E-state index in [1.807, 2.05) is 19.2 Å². The van der Waals surface area contributed by atoms with Crippen LogP contribution in [0.2, 0.25) is 0 Å². The number of carboxylic acid groups (broad SMARTS) is 1. The van der Waals surface area contributed by atoms with Crippen LogP contribution >= 0.6 is 34.4 Å². The van der Waals surface area contributed by atoms with Crippen LogP contribution in [-0.2, 0) is 11.2 Å². The quantitative estimate of drug-likeness (QED) is 0.936. The van der Waals surface area contributed by atoms with Crippen molar-refractivity contribution in [2.45, 2.75) is 28.9 Å². The molecule has 17 heavy (non-hydrogen) atoms. The highest BCUT2D eigenvalue weighted by Crippen LogP contribution is 2.34. The standard InChI is InChI=1S/C10H10N2O2S3/c1-5-4-15-9(11-5)17-10-12-6(2)7(16-10)3-8(13)14/h4H,3H2,1-2H3,(H,13,14). The fourth-order valence-electron chi connectivity index (χ4n) is 1.20. The molecule has 0 atom stereocenters. The van der Waals surface area contributed by atoms with E-state index in [1.165, 1.54) is 23.1 Å². The van der Waals surface area contributed by atoms with E-state index in [9.17, 15) is 4.79 Å². The van der Waals surface area contributed by atoms with Crippen LogP contribution in [-0.4, -0.2) is 21.0 Å². The van der Waals surface area contributed by atoms with Gasteiger partial charge in [-0.05, 0) is 25.6 Å². The zero-order valence-electron chi connectivity index (χ0n) is 9.26. The van der Waals surface area contributed by atoms with Crippen molar-refractivity contribution in [1.29, 1.82) is 0 Å². The van der Waals surface area contributed by atoms with Crippen LogP contribution in [0.15, 0.2) is 14.1 Å². The molecule has 2 rings (SSSR count). The van der Waals surface area contributed by atoms with Crippen molar-refractivity contribution in [3.8, 4) is 0 Å². The number of aromatic nitrogens is 2. The van der Waals surface area contributed by atoms with Crippen LogP contribution in [0.4, 0.5) is 0 Å². The molecule has 0 aliphatic rings. The number of carbonyl (C=O) groups is 1. The topological polar surface area (TPSA) is 63.1 Å². The van der Waals surface area contributed by atoms with Crippen molar-refractivity contribution < 1.29 is 9.90 Å². The van der Waals surface area contributed by atoms with E-state index in [4.69, 9.17) is 5.11 Å². The SMILES string of the molecule is Cc1csc(Sc2nc(C)c(CC(=O)O)s2)n1. The number of hydrogen-bond acceptors (Lipinski definition) is 6. The van der Waals surface area contributed by atoms with Gasteiger partial charge in [0.15, 0.2) is 8.68 Å². The van der Waals surface area contributed by atoms with Crippen LogP contribution in [0.25, 0.3) is 0 Å². The third-order valence-corrected chi connectivity index (χ3v) is 5.23. The first-order chi connectivity index (χ1) is 8.04. The molecule has 0 aliphatic carbocycles. The van der Waals surface area contributed by atoms with Crippen LogP contribution in [0.3, 0.4) is 0 Å². The Kier molecular flexibility index (Phi) is 3.80. The minimum Gasteiger partial charge on any atom is -0.481 e. The summed E-state index contributed by atoms with van der Waals surface area (Å²) in [5.41, 5.74) is 1.80. The van der Waals surface area contributed by atoms with Crippen molar-refractivity contribution in [2.24, 2.45) is 0 Å². The minimum atomic E-state index is -0.821. The van der Waals surface area contributed by atoms with Crippen molar-refractivity contribution in [3.63, 3.8) is 0 Å². The Morgan fingerprint density at radius 2 is 2.18 bits per heavy atom. The number of rotatable bonds is 4. The van der Waals surface area contributed by atoms with Gasteiger partial charge in [0.1, 0.15) is 0 Å². The summed E-state index contributed by atoms with van der Waals surface area (Å²) in [6, 6.07) is 0. The Morgan fingerprint density at radius 3 is 2.76 bits per heavy atom. The molecule has 0 amide bonds. The molecule has 7 heteroatoms. The average molecular weight is 286 g/mol. The molecule has 0 unspecified atom stereocenters. The summed E-state index contributed by atoms with van der Waals surface area (Å²) in [6.07, 6.45) is 0.0426. The molecule has 0 saturated heterocycles. The number of aryl methyl sites for hydroxylation is 2. The smallest absolute Gasteiger partial charge is 0.308 e. The summed E-state index contributed by atoms with van der Waals surface area (Å²) >= 11 is 4.50. The molecular weight excluding hydrogens is 276 g/mol.